The second-order valence-electron chi connectivity index (χ2n) is 7.59. The molecule has 0 atom stereocenters. The van der Waals surface area contributed by atoms with Crippen LogP contribution in [0.4, 0.5) is 5.69 Å². The summed E-state index contributed by atoms with van der Waals surface area (Å²) in [6, 6.07) is 23.2. The van der Waals surface area contributed by atoms with Gasteiger partial charge in [-0.1, -0.05) is 48.0 Å². The van der Waals surface area contributed by atoms with Gasteiger partial charge in [-0.3, -0.25) is 4.79 Å². The molecule has 0 unspecified atom stereocenters. The zero-order valence-electron chi connectivity index (χ0n) is 17.4. The Morgan fingerprint density at radius 3 is 2.25 bits per heavy atom. The van der Waals surface area contributed by atoms with E-state index < -0.39 is 10.0 Å². The van der Waals surface area contributed by atoms with E-state index in [1.54, 1.807) is 17.0 Å². The molecule has 1 heterocycles. The van der Waals surface area contributed by atoms with Crippen LogP contribution in [-0.4, -0.2) is 45.4 Å². The van der Waals surface area contributed by atoms with Gasteiger partial charge in [-0.05, 0) is 48.0 Å². The van der Waals surface area contributed by atoms with E-state index >= 15 is 0 Å². The Hall–Kier alpha value is -2.87. The van der Waals surface area contributed by atoms with Gasteiger partial charge in [0.15, 0.2) is 0 Å². The van der Waals surface area contributed by atoms with E-state index in [4.69, 9.17) is 11.6 Å². The summed E-state index contributed by atoms with van der Waals surface area (Å²) in [7, 11) is -3.73. The topological polar surface area (TPSA) is 69.7 Å². The SMILES string of the molecule is O=C(c1cccc(S(=O)(=O)NCc2ccccc2)c1)N1CCN(c2ccc(Cl)cc2)CC1. The molecule has 6 nitrogen and oxygen atoms in total. The summed E-state index contributed by atoms with van der Waals surface area (Å²) in [4.78, 5) is 17.1. The molecule has 1 amide bonds. The average molecular weight is 470 g/mol. The predicted octanol–water partition coefficient (Wildman–Crippen LogP) is 3.78. The summed E-state index contributed by atoms with van der Waals surface area (Å²) >= 11 is 5.96. The highest BCUT2D eigenvalue weighted by Crippen LogP contribution is 2.21. The molecule has 0 radical (unpaired) electrons. The molecule has 1 aliphatic rings. The maximum atomic E-state index is 13.0. The Balaban J connectivity index is 1.40. The van der Waals surface area contributed by atoms with Crippen LogP contribution >= 0.6 is 11.6 Å². The molecule has 1 N–H and O–H groups in total. The van der Waals surface area contributed by atoms with Crippen LogP contribution in [0, 0.1) is 0 Å². The van der Waals surface area contributed by atoms with Crippen molar-refractivity contribution in [2.75, 3.05) is 31.1 Å². The second kappa shape index (κ2) is 9.73. The van der Waals surface area contributed by atoms with Crippen molar-refractivity contribution in [3.63, 3.8) is 0 Å². The minimum Gasteiger partial charge on any atom is -0.368 e. The summed E-state index contributed by atoms with van der Waals surface area (Å²) in [5, 5.41) is 0.690. The molecule has 32 heavy (non-hydrogen) atoms. The van der Waals surface area contributed by atoms with Gasteiger partial charge in [0.1, 0.15) is 0 Å². The molecule has 3 aromatic carbocycles. The highest BCUT2D eigenvalue weighted by molar-refractivity contribution is 7.89. The van der Waals surface area contributed by atoms with Gasteiger partial charge in [-0.2, -0.15) is 0 Å². The van der Waals surface area contributed by atoms with E-state index in [2.05, 4.69) is 9.62 Å². The van der Waals surface area contributed by atoms with Gasteiger partial charge in [-0.15, -0.1) is 0 Å². The molecule has 4 rings (SSSR count). The predicted molar refractivity (Wildman–Crippen MR) is 126 cm³/mol. The van der Waals surface area contributed by atoms with Crippen molar-refractivity contribution in [3.8, 4) is 0 Å². The van der Waals surface area contributed by atoms with Crippen molar-refractivity contribution in [2.24, 2.45) is 0 Å². The molecule has 1 saturated heterocycles. The minimum atomic E-state index is -3.73. The van der Waals surface area contributed by atoms with Crippen molar-refractivity contribution < 1.29 is 13.2 Å². The summed E-state index contributed by atoms with van der Waals surface area (Å²) in [5.41, 5.74) is 2.30. The molecule has 0 saturated carbocycles. The van der Waals surface area contributed by atoms with Crippen LogP contribution in [0.2, 0.25) is 5.02 Å². The van der Waals surface area contributed by atoms with E-state index in [9.17, 15) is 13.2 Å². The second-order valence-corrected chi connectivity index (χ2v) is 9.80. The molecular weight excluding hydrogens is 446 g/mol. The highest BCUT2D eigenvalue weighted by atomic mass is 35.5. The number of nitrogens with zero attached hydrogens (tertiary/aromatic N) is 2. The number of anilines is 1. The zero-order chi connectivity index (χ0) is 22.6. The summed E-state index contributed by atoms with van der Waals surface area (Å²) in [6.07, 6.45) is 0. The lowest BCUT2D eigenvalue weighted by Crippen LogP contribution is -2.48. The van der Waals surface area contributed by atoms with Crippen LogP contribution < -0.4 is 9.62 Å². The molecule has 1 fully saturated rings. The van der Waals surface area contributed by atoms with Crippen molar-refractivity contribution in [2.45, 2.75) is 11.4 Å². The third-order valence-electron chi connectivity index (χ3n) is 5.46. The number of halogens is 1. The largest absolute Gasteiger partial charge is 0.368 e. The Morgan fingerprint density at radius 2 is 1.56 bits per heavy atom. The van der Waals surface area contributed by atoms with Crippen LogP contribution in [0.15, 0.2) is 83.8 Å². The maximum Gasteiger partial charge on any atom is 0.254 e. The quantitative estimate of drug-likeness (QED) is 0.596. The van der Waals surface area contributed by atoms with Crippen molar-refractivity contribution >= 4 is 33.2 Å². The van der Waals surface area contributed by atoms with Gasteiger partial charge < -0.3 is 9.80 Å². The molecule has 3 aromatic rings. The minimum absolute atomic E-state index is 0.0825. The summed E-state index contributed by atoms with van der Waals surface area (Å²) < 4.78 is 28.1. The molecule has 0 bridgehead atoms. The van der Waals surface area contributed by atoms with Crippen molar-refractivity contribution in [3.05, 3.63) is 95.0 Å². The first-order valence-electron chi connectivity index (χ1n) is 10.4. The first-order chi connectivity index (χ1) is 15.4. The number of hydrogen-bond acceptors (Lipinski definition) is 4. The van der Waals surface area contributed by atoms with Crippen molar-refractivity contribution in [1.29, 1.82) is 0 Å². The molecule has 0 spiro atoms. The number of benzene rings is 3. The van der Waals surface area contributed by atoms with Gasteiger partial charge in [0, 0.05) is 49.0 Å². The van der Waals surface area contributed by atoms with Gasteiger partial charge in [0.05, 0.1) is 4.90 Å². The zero-order valence-corrected chi connectivity index (χ0v) is 19.0. The third kappa shape index (κ3) is 5.30. The van der Waals surface area contributed by atoms with Gasteiger partial charge in [-0.25, -0.2) is 13.1 Å². The lowest BCUT2D eigenvalue weighted by molar-refractivity contribution is 0.0746. The van der Waals surface area contributed by atoms with E-state index in [-0.39, 0.29) is 17.3 Å². The van der Waals surface area contributed by atoms with Crippen LogP contribution in [0.25, 0.3) is 0 Å². The van der Waals surface area contributed by atoms with E-state index in [1.807, 2.05) is 54.6 Å². The lowest BCUT2D eigenvalue weighted by atomic mass is 10.1. The first-order valence-corrected chi connectivity index (χ1v) is 12.2. The Labute approximate surface area is 193 Å². The monoisotopic (exact) mass is 469 g/mol. The lowest BCUT2D eigenvalue weighted by Gasteiger charge is -2.36. The molecule has 0 aromatic heterocycles. The number of carbonyl (C=O) groups is 1. The van der Waals surface area contributed by atoms with Gasteiger partial charge in [0.2, 0.25) is 10.0 Å². The molecular formula is C24H24ClN3O3S. The average Bonchev–Trinajstić information content (AvgIpc) is 2.84. The number of hydrogen-bond donors (Lipinski definition) is 1. The van der Waals surface area contributed by atoms with Gasteiger partial charge in [0.25, 0.3) is 5.91 Å². The number of carbonyl (C=O) groups excluding carboxylic acids is 1. The normalized spacial score (nSPS) is 14.4. The smallest absolute Gasteiger partial charge is 0.254 e. The third-order valence-corrected chi connectivity index (χ3v) is 7.11. The van der Waals surface area contributed by atoms with E-state index in [0.29, 0.717) is 36.8 Å². The summed E-state index contributed by atoms with van der Waals surface area (Å²) in [5.74, 6) is -0.166. The number of amides is 1. The van der Waals surface area contributed by atoms with Gasteiger partial charge >= 0.3 is 0 Å². The van der Waals surface area contributed by atoms with Crippen molar-refractivity contribution in [1.82, 2.24) is 9.62 Å². The van der Waals surface area contributed by atoms with Crippen LogP contribution in [0.3, 0.4) is 0 Å². The highest BCUT2D eigenvalue weighted by Gasteiger charge is 2.24. The van der Waals surface area contributed by atoms with E-state index in [0.717, 1.165) is 11.3 Å². The number of sulfonamides is 1. The standard InChI is InChI=1S/C24H24ClN3O3S/c25-21-9-11-22(12-10-21)27-13-15-28(16-14-27)24(29)20-7-4-8-23(17-20)32(30,31)26-18-19-5-2-1-3-6-19/h1-12,17,26H,13-16,18H2. The fourth-order valence-corrected chi connectivity index (χ4v) is 4.85. The van der Waals surface area contributed by atoms with E-state index in [1.165, 1.54) is 12.1 Å². The number of piperazine rings is 1. The maximum absolute atomic E-state index is 13.0. The Kier molecular flexibility index (Phi) is 6.79. The molecule has 1 aliphatic heterocycles. The first kappa shape index (κ1) is 22.3. The fourth-order valence-electron chi connectivity index (χ4n) is 3.66. The van der Waals surface area contributed by atoms with Crippen LogP contribution in [0.5, 0.6) is 0 Å². The molecule has 166 valence electrons. The molecule has 0 aliphatic carbocycles. The Bertz CT molecular complexity index is 1180. The fraction of sp³-hybridized carbons (Fsp3) is 0.208. The summed E-state index contributed by atoms with van der Waals surface area (Å²) in [6.45, 7) is 2.71. The van der Waals surface area contributed by atoms with Crippen LogP contribution in [-0.2, 0) is 16.6 Å². The Morgan fingerprint density at radius 1 is 0.875 bits per heavy atom. The van der Waals surface area contributed by atoms with Crippen LogP contribution in [0.1, 0.15) is 15.9 Å². The number of rotatable bonds is 6. The molecule has 8 heteroatoms. The number of nitrogens with one attached hydrogen (secondary N) is 1.